The number of hydrogen-bond acceptors (Lipinski definition) is 3. The predicted octanol–water partition coefficient (Wildman–Crippen LogP) is 5.04. The number of rotatable bonds is 7. The lowest BCUT2D eigenvalue weighted by molar-refractivity contribution is 0.281. The van der Waals surface area contributed by atoms with Crippen molar-refractivity contribution >= 4 is 10.9 Å². The fraction of sp³-hybridized carbons (Fsp3) is 0.208. The molecule has 0 saturated carbocycles. The molecule has 0 spiro atoms. The van der Waals surface area contributed by atoms with Gasteiger partial charge >= 0.3 is 0 Å². The fourth-order valence-electron chi connectivity index (χ4n) is 3.47. The number of nitrogens with one attached hydrogen (secondary N) is 1. The first-order valence-electron chi connectivity index (χ1n) is 9.60. The minimum atomic E-state index is -0.00791. The van der Waals surface area contributed by atoms with Gasteiger partial charge in [0, 0.05) is 11.1 Å². The molecule has 0 aliphatic carbocycles. The third-order valence-electron chi connectivity index (χ3n) is 5.03. The summed E-state index contributed by atoms with van der Waals surface area (Å²) in [4.78, 5) is 0. The maximum Gasteiger partial charge on any atom is 0.119 e. The van der Waals surface area contributed by atoms with E-state index in [1.54, 1.807) is 0 Å². The van der Waals surface area contributed by atoms with Gasteiger partial charge in [-0.15, -0.1) is 0 Å². The Kier molecular flexibility index (Phi) is 5.40. The van der Waals surface area contributed by atoms with Crippen LogP contribution in [0.4, 0.5) is 0 Å². The van der Waals surface area contributed by atoms with Crippen LogP contribution in [0.3, 0.4) is 0 Å². The van der Waals surface area contributed by atoms with Crippen molar-refractivity contribution in [2.75, 3.05) is 6.61 Å². The van der Waals surface area contributed by atoms with Crippen LogP contribution in [0.5, 0.6) is 5.75 Å². The molecule has 1 aromatic heterocycles. The van der Waals surface area contributed by atoms with Crippen LogP contribution < -0.4 is 4.74 Å². The molecule has 4 nitrogen and oxygen atoms in total. The summed E-state index contributed by atoms with van der Waals surface area (Å²) in [5.74, 6) is 0.823. The molecule has 0 atom stereocenters. The Labute approximate surface area is 164 Å². The van der Waals surface area contributed by atoms with Gasteiger partial charge in [0.1, 0.15) is 5.75 Å². The highest BCUT2D eigenvalue weighted by Crippen LogP contribution is 2.31. The normalized spacial score (nSPS) is 11.1. The van der Waals surface area contributed by atoms with Crippen LogP contribution in [0.15, 0.2) is 66.7 Å². The number of benzene rings is 3. The molecule has 0 aliphatic rings. The molecule has 142 valence electrons. The Morgan fingerprint density at radius 1 is 1.00 bits per heavy atom. The van der Waals surface area contributed by atoms with Gasteiger partial charge in [0.15, 0.2) is 0 Å². The van der Waals surface area contributed by atoms with E-state index in [1.807, 2.05) is 43.3 Å². The Balaban J connectivity index is 1.51. The van der Waals surface area contributed by atoms with Gasteiger partial charge in [-0.25, -0.2) is 0 Å². The lowest BCUT2D eigenvalue weighted by Crippen LogP contribution is -2.00. The molecule has 0 aliphatic heterocycles. The van der Waals surface area contributed by atoms with E-state index in [9.17, 15) is 5.11 Å². The van der Waals surface area contributed by atoms with Crippen LogP contribution in [0.2, 0.25) is 0 Å². The Hall–Kier alpha value is -3.11. The van der Waals surface area contributed by atoms with Crippen molar-refractivity contribution in [2.45, 2.75) is 26.4 Å². The van der Waals surface area contributed by atoms with Gasteiger partial charge in [-0.2, -0.15) is 5.10 Å². The average molecular weight is 372 g/mol. The first kappa shape index (κ1) is 18.3. The second kappa shape index (κ2) is 8.28. The number of H-pyrrole nitrogens is 1. The van der Waals surface area contributed by atoms with E-state index in [-0.39, 0.29) is 6.61 Å². The molecule has 0 saturated heterocycles. The monoisotopic (exact) mass is 372 g/mol. The molecule has 4 rings (SSSR count). The molecule has 0 amide bonds. The summed E-state index contributed by atoms with van der Waals surface area (Å²) in [5, 5.41) is 18.2. The van der Waals surface area contributed by atoms with E-state index < -0.39 is 0 Å². The number of ether oxygens (including phenoxy) is 1. The summed E-state index contributed by atoms with van der Waals surface area (Å²) in [6.07, 6.45) is 1.96. The highest BCUT2D eigenvalue weighted by atomic mass is 16.5. The molecule has 1 heterocycles. The van der Waals surface area contributed by atoms with Gasteiger partial charge in [-0.1, -0.05) is 42.5 Å². The highest BCUT2D eigenvalue weighted by Gasteiger charge is 2.10. The highest BCUT2D eigenvalue weighted by molar-refractivity contribution is 5.87. The number of nitrogens with zero attached hydrogens (tertiary/aromatic N) is 1. The number of aliphatic hydroxyl groups is 1. The van der Waals surface area contributed by atoms with Gasteiger partial charge in [-0.3, -0.25) is 5.10 Å². The standard InChI is InChI=1S/C24H24N2O2/c1-17-22-14-19(10-12-24(22)26-25-17)23-15-21(11-9-20(23)16-27)28-13-5-8-18-6-3-2-4-7-18/h2-4,6-7,9-12,14-15,27H,5,8,13,16H2,1H3,(H,25,26). The number of hydrogen-bond donors (Lipinski definition) is 2. The molecule has 28 heavy (non-hydrogen) atoms. The van der Waals surface area contributed by atoms with E-state index in [1.165, 1.54) is 5.56 Å². The fourth-order valence-corrected chi connectivity index (χ4v) is 3.47. The predicted molar refractivity (Wildman–Crippen MR) is 112 cm³/mol. The van der Waals surface area contributed by atoms with Crippen LogP contribution in [-0.2, 0) is 13.0 Å². The van der Waals surface area contributed by atoms with Crippen LogP contribution in [0.25, 0.3) is 22.0 Å². The van der Waals surface area contributed by atoms with Crippen molar-refractivity contribution in [3.63, 3.8) is 0 Å². The van der Waals surface area contributed by atoms with E-state index >= 15 is 0 Å². The quantitative estimate of drug-likeness (QED) is 0.447. The van der Waals surface area contributed by atoms with E-state index in [4.69, 9.17) is 4.74 Å². The Morgan fingerprint density at radius 3 is 2.68 bits per heavy atom. The number of aromatic nitrogens is 2. The summed E-state index contributed by atoms with van der Waals surface area (Å²) in [5.41, 5.74) is 6.24. The smallest absolute Gasteiger partial charge is 0.119 e. The number of aromatic amines is 1. The molecular formula is C24H24N2O2. The number of fused-ring (bicyclic) bond motifs is 1. The molecule has 0 fully saturated rings. The zero-order chi connectivity index (χ0) is 19.3. The lowest BCUT2D eigenvalue weighted by Gasteiger charge is -2.12. The summed E-state index contributed by atoms with van der Waals surface area (Å²) >= 11 is 0. The van der Waals surface area contributed by atoms with Crippen LogP contribution >= 0.6 is 0 Å². The lowest BCUT2D eigenvalue weighted by atomic mass is 9.98. The van der Waals surface area contributed by atoms with Crippen molar-refractivity contribution in [3.05, 3.63) is 83.6 Å². The van der Waals surface area contributed by atoms with Gasteiger partial charge in [0.05, 0.1) is 18.7 Å². The summed E-state index contributed by atoms with van der Waals surface area (Å²) in [6.45, 7) is 2.66. The third kappa shape index (κ3) is 3.92. The topological polar surface area (TPSA) is 58.1 Å². The minimum Gasteiger partial charge on any atom is -0.494 e. The van der Waals surface area contributed by atoms with Crippen molar-refractivity contribution in [1.82, 2.24) is 10.2 Å². The second-order valence-corrected chi connectivity index (χ2v) is 7.00. The molecule has 0 radical (unpaired) electrons. The van der Waals surface area contributed by atoms with Crippen molar-refractivity contribution in [2.24, 2.45) is 0 Å². The van der Waals surface area contributed by atoms with Gasteiger partial charge in [-0.05, 0) is 66.3 Å². The minimum absolute atomic E-state index is 0.00791. The Morgan fingerprint density at radius 2 is 1.86 bits per heavy atom. The molecule has 4 heteroatoms. The molecule has 2 N–H and O–H groups in total. The summed E-state index contributed by atoms with van der Waals surface area (Å²) in [7, 11) is 0. The maximum absolute atomic E-state index is 9.78. The molecule has 0 bridgehead atoms. The largest absolute Gasteiger partial charge is 0.494 e. The molecule has 3 aromatic carbocycles. The summed E-state index contributed by atoms with van der Waals surface area (Å²) < 4.78 is 5.99. The van der Waals surface area contributed by atoms with Crippen molar-refractivity contribution < 1.29 is 9.84 Å². The molecule has 4 aromatic rings. The van der Waals surface area contributed by atoms with Crippen LogP contribution in [0, 0.1) is 6.92 Å². The maximum atomic E-state index is 9.78. The van der Waals surface area contributed by atoms with Gasteiger partial charge in [0.25, 0.3) is 0 Å². The zero-order valence-corrected chi connectivity index (χ0v) is 16.0. The van der Waals surface area contributed by atoms with Crippen molar-refractivity contribution in [3.8, 4) is 16.9 Å². The van der Waals surface area contributed by atoms with Crippen LogP contribution in [0.1, 0.15) is 23.2 Å². The SMILES string of the molecule is Cc1[nH]nc2ccc(-c3cc(OCCCc4ccccc4)ccc3CO)cc12. The second-order valence-electron chi connectivity index (χ2n) is 7.00. The third-order valence-corrected chi connectivity index (χ3v) is 5.03. The molecule has 0 unspecified atom stereocenters. The number of aliphatic hydroxyl groups excluding tert-OH is 1. The van der Waals surface area contributed by atoms with E-state index in [2.05, 4.69) is 40.5 Å². The Bertz CT molecular complexity index is 1070. The van der Waals surface area contributed by atoms with Gasteiger partial charge in [0.2, 0.25) is 0 Å². The first-order chi connectivity index (χ1) is 13.7. The number of aryl methyl sites for hydroxylation is 2. The zero-order valence-electron chi connectivity index (χ0n) is 16.0. The van der Waals surface area contributed by atoms with Gasteiger partial charge < -0.3 is 9.84 Å². The van der Waals surface area contributed by atoms with Crippen molar-refractivity contribution in [1.29, 1.82) is 0 Å². The molecular weight excluding hydrogens is 348 g/mol. The van der Waals surface area contributed by atoms with E-state index in [0.717, 1.165) is 51.9 Å². The van der Waals surface area contributed by atoms with Crippen LogP contribution in [-0.4, -0.2) is 21.9 Å². The average Bonchev–Trinajstić information content (AvgIpc) is 3.12. The first-order valence-corrected chi connectivity index (χ1v) is 9.60. The summed E-state index contributed by atoms with van der Waals surface area (Å²) in [6, 6.07) is 22.5. The van der Waals surface area contributed by atoms with E-state index in [0.29, 0.717) is 6.61 Å².